The molecule has 4 N–H and O–H groups in total. The fourth-order valence-corrected chi connectivity index (χ4v) is 4.59. The van der Waals surface area contributed by atoms with E-state index in [0.29, 0.717) is 11.5 Å². The Labute approximate surface area is 128 Å². The molecule has 2 rings (SSSR count). The number of hydrogen-bond donors (Lipinski definition) is 3. The molecule has 0 unspecified atom stereocenters. The van der Waals surface area contributed by atoms with Crippen molar-refractivity contribution in [2.75, 3.05) is 23.9 Å². The lowest BCUT2D eigenvalue weighted by molar-refractivity contribution is 0.0963. The third-order valence-electron chi connectivity index (χ3n) is 3.32. The van der Waals surface area contributed by atoms with Gasteiger partial charge >= 0.3 is 0 Å². The van der Waals surface area contributed by atoms with Crippen LogP contribution in [0, 0.1) is 0 Å². The third kappa shape index (κ3) is 3.38. The molecular formula is C13H19N3O3S2. The summed E-state index contributed by atoms with van der Waals surface area (Å²) in [6.07, 6.45) is 5.77. The minimum absolute atomic E-state index is 0.0193. The van der Waals surface area contributed by atoms with Crippen LogP contribution in [0.25, 0.3) is 0 Å². The zero-order valence-electron chi connectivity index (χ0n) is 11.8. The molecule has 1 amide bonds. The molecule has 1 aliphatic rings. The van der Waals surface area contributed by atoms with E-state index in [1.807, 2.05) is 0 Å². The van der Waals surface area contributed by atoms with Crippen LogP contribution in [0.3, 0.4) is 0 Å². The van der Waals surface area contributed by atoms with Gasteiger partial charge in [0.05, 0.1) is 5.69 Å². The highest BCUT2D eigenvalue weighted by molar-refractivity contribution is 7.91. The van der Waals surface area contributed by atoms with Crippen LogP contribution < -0.4 is 16.4 Å². The number of rotatable bonds is 6. The molecule has 1 saturated carbocycles. The topological polar surface area (TPSA) is 101 Å². The van der Waals surface area contributed by atoms with Crippen LogP contribution in [0.1, 0.15) is 28.9 Å². The van der Waals surface area contributed by atoms with Crippen LogP contribution in [-0.2, 0) is 9.84 Å². The van der Waals surface area contributed by atoms with Crippen LogP contribution >= 0.6 is 11.3 Å². The van der Waals surface area contributed by atoms with Gasteiger partial charge in [0.2, 0.25) is 0 Å². The Morgan fingerprint density at radius 3 is 2.67 bits per heavy atom. The summed E-state index contributed by atoms with van der Waals surface area (Å²) in [6, 6.07) is 0.257. The number of amides is 1. The highest BCUT2D eigenvalue weighted by Crippen LogP contribution is 2.40. The SMILES string of the molecule is C=CCNC(=O)c1sc(NC2CCC2)c(S(C)(=O)=O)c1N. The largest absolute Gasteiger partial charge is 0.396 e. The first-order valence-corrected chi connectivity index (χ1v) is 9.33. The number of carbonyl (C=O) groups is 1. The Morgan fingerprint density at radius 1 is 1.52 bits per heavy atom. The highest BCUT2D eigenvalue weighted by atomic mass is 32.2. The van der Waals surface area contributed by atoms with Crippen molar-refractivity contribution >= 4 is 37.8 Å². The lowest BCUT2D eigenvalue weighted by Gasteiger charge is -2.27. The molecule has 0 spiro atoms. The third-order valence-corrected chi connectivity index (χ3v) is 5.75. The van der Waals surface area contributed by atoms with E-state index in [4.69, 9.17) is 5.73 Å². The molecule has 1 aliphatic carbocycles. The number of nitrogens with two attached hydrogens (primary N) is 1. The maximum absolute atomic E-state index is 12.0. The van der Waals surface area contributed by atoms with Crippen molar-refractivity contribution in [1.82, 2.24) is 5.32 Å². The van der Waals surface area contributed by atoms with Gasteiger partial charge in [-0.3, -0.25) is 4.79 Å². The van der Waals surface area contributed by atoms with Gasteiger partial charge in [-0.05, 0) is 19.3 Å². The molecule has 8 heteroatoms. The minimum Gasteiger partial charge on any atom is -0.396 e. The average Bonchev–Trinajstić information content (AvgIpc) is 2.67. The molecule has 0 bridgehead atoms. The number of carbonyl (C=O) groups excluding carboxylic acids is 1. The fraction of sp³-hybridized carbons (Fsp3) is 0.462. The van der Waals surface area contributed by atoms with Crippen molar-refractivity contribution in [3.8, 4) is 0 Å². The van der Waals surface area contributed by atoms with E-state index >= 15 is 0 Å². The average molecular weight is 329 g/mol. The highest BCUT2D eigenvalue weighted by Gasteiger charge is 2.29. The summed E-state index contributed by atoms with van der Waals surface area (Å²) in [7, 11) is -3.50. The maximum Gasteiger partial charge on any atom is 0.263 e. The van der Waals surface area contributed by atoms with Gasteiger partial charge in [0, 0.05) is 18.8 Å². The monoisotopic (exact) mass is 329 g/mol. The van der Waals surface area contributed by atoms with Gasteiger partial charge in [-0.1, -0.05) is 6.08 Å². The van der Waals surface area contributed by atoms with E-state index in [0.717, 1.165) is 36.9 Å². The first-order valence-electron chi connectivity index (χ1n) is 6.62. The second-order valence-corrected chi connectivity index (χ2v) is 8.02. The van der Waals surface area contributed by atoms with E-state index in [1.165, 1.54) is 0 Å². The number of nitrogens with one attached hydrogen (secondary N) is 2. The van der Waals surface area contributed by atoms with Gasteiger partial charge in [0.15, 0.2) is 9.84 Å². The molecule has 116 valence electrons. The van der Waals surface area contributed by atoms with Gasteiger partial charge in [-0.15, -0.1) is 17.9 Å². The van der Waals surface area contributed by atoms with Crippen LogP contribution in [0.2, 0.25) is 0 Å². The van der Waals surface area contributed by atoms with Crippen molar-refractivity contribution in [2.45, 2.75) is 30.2 Å². The Hall–Kier alpha value is -1.54. The first-order chi connectivity index (χ1) is 9.84. The van der Waals surface area contributed by atoms with Crippen molar-refractivity contribution in [1.29, 1.82) is 0 Å². The summed E-state index contributed by atoms with van der Waals surface area (Å²) in [5.74, 6) is -0.385. The van der Waals surface area contributed by atoms with Crippen LogP contribution in [-0.4, -0.2) is 33.2 Å². The summed E-state index contributed by atoms with van der Waals surface area (Å²) in [6.45, 7) is 3.82. The lowest BCUT2D eigenvalue weighted by Crippen LogP contribution is -2.27. The Bertz CT molecular complexity index is 660. The Balaban J connectivity index is 2.38. The summed E-state index contributed by atoms with van der Waals surface area (Å²) >= 11 is 1.09. The number of anilines is 2. The molecule has 0 radical (unpaired) electrons. The normalized spacial score (nSPS) is 15.3. The molecular weight excluding hydrogens is 310 g/mol. The summed E-state index contributed by atoms with van der Waals surface area (Å²) in [5, 5.41) is 6.26. The second kappa shape index (κ2) is 6.07. The molecule has 21 heavy (non-hydrogen) atoms. The summed E-state index contributed by atoms with van der Waals surface area (Å²) in [5.41, 5.74) is 5.92. The van der Waals surface area contributed by atoms with Gasteiger partial charge in [0.25, 0.3) is 5.91 Å². The number of hydrogen-bond acceptors (Lipinski definition) is 6. The van der Waals surface area contributed by atoms with Crippen LogP contribution in [0.15, 0.2) is 17.6 Å². The van der Waals surface area contributed by atoms with E-state index in [2.05, 4.69) is 17.2 Å². The van der Waals surface area contributed by atoms with Crippen molar-refractivity contribution in [2.24, 2.45) is 0 Å². The smallest absolute Gasteiger partial charge is 0.263 e. The van der Waals surface area contributed by atoms with Gasteiger partial charge < -0.3 is 16.4 Å². The maximum atomic E-state index is 12.0. The minimum atomic E-state index is -3.50. The van der Waals surface area contributed by atoms with Crippen LogP contribution in [0.4, 0.5) is 10.7 Å². The molecule has 1 fully saturated rings. The molecule has 0 saturated heterocycles. The molecule has 0 aromatic carbocycles. The fourth-order valence-electron chi connectivity index (χ4n) is 2.04. The lowest BCUT2D eigenvalue weighted by atomic mass is 9.93. The molecule has 1 aromatic heterocycles. The van der Waals surface area contributed by atoms with Crippen molar-refractivity contribution in [3.63, 3.8) is 0 Å². The molecule has 0 aliphatic heterocycles. The van der Waals surface area contributed by atoms with Gasteiger partial charge in [0.1, 0.15) is 14.8 Å². The van der Waals surface area contributed by atoms with Crippen molar-refractivity contribution in [3.05, 3.63) is 17.5 Å². The van der Waals surface area contributed by atoms with Crippen LogP contribution in [0.5, 0.6) is 0 Å². The second-order valence-electron chi connectivity index (χ2n) is 5.05. The quantitative estimate of drug-likeness (QED) is 0.688. The van der Waals surface area contributed by atoms with E-state index in [-0.39, 0.29) is 27.4 Å². The summed E-state index contributed by atoms with van der Waals surface area (Å²) < 4.78 is 23.9. The zero-order valence-corrected chi connectivity index (χ0v) is 13.4. The van der Waals surface area contributed by atoms with Crippen molar-refractivity contribution < 1.29 is 13.2 Å². The molecule has 6 nitrogen and oxygen atoms in total. The van der Waals surface area contributed by atoms with E-state index < -0.39 is 9.84 Å². The Kier molecular flexibility index (Phi) is 4.58. The number of sulfone groups is 1. The van der Waals surface area contributed by atoms with Gasteiger partial charge in [-0.25, -0.2) is 8.42 Å². The first kappa shape index (κ1) is 15.8. The standard InChI is InChI=1S/C13H19N3O3S2/c1-3-7-15-12(17)10-9(14)11(21(2,18)19)13(20-10)16-8-5-4-6-8/h3,8,16H,1,4-7,14H2,2H3,(H,15,17). The molecule has 1 aromatic rings. The zero-order chi connectivity index (χ0) is 15.6. The molecule has 1 heterocycles. The van der Waals surface area contributed by atoms with E-state index in [9.17, 15) is 13.2 Å². The predicted molar refractivity (Wildman–Crippen MR) is 85.6 cm³/mol. The van der Waals surface area contributed by atoms with Gasteiger partial charge in [-0.2, -0.15) is 0 Å². The Morgan fingerprint density at radius 2 is 2.19 bits per heavy atom. The number of thiophene rings is 1. The predicted octanol–water partition coefficient (Wildman–Crippen LogP) is 1.61. The molecule has 0 atom stereocenters. The summed E-state index contributed by atoms with van der Waals surface area (Å²) in [4.78, 5) is 12.3. The number of nitrogen functional groups attached to an aromatic ring is 1. The van der Waals surface area contributed by atoms with E-state index in [1.54, 1.807) is 6.08 Å².